The van der Waals surface area contributed by atoms with Gasteiger partial charge >= 0.3 is 0 Å². The van der Waals surface area contributed by atoms with Gasteiger partial charge in [0.2, 0.25) is 10.0 Å². The van der Waals surface area contributed by atoms with E-state index in [4.69, 9.17) is 10.2 Å². The number of furan rings is 1. The number of nitrogens with zero attached hydrogens (tertiary/aromatic N) is 1. The highest BCUT2D eigenvalue weighted by molar-refractivity contribution is 7.89. The molecule has 5 nitrogen and oxygen atoms in total. The second kappa shape index (κ2) is 5.50. The third-order valence-corrected chi connectivity index (χ3v) is 6.32. The number of hydrogen-bond acceptors (Lipinski definition) is 4. The maximum absolute atomic E-state index is 12.8. The Morgan fingerprint density at radius 1 is 1.35 bits per heavy atom. The molecule has 1 atom stereocenters. The number of rotatable bonds is 4. The lowest BCUT2D eigenvalue weighted by Crippen LogP contribution is -2.30. The summed E-state index contributed by atoms with van der Waals surface area (Å²) >= 11 is 0. The standard InChI is InChI=1S/C14H24N2O3S/c1-9(2)12-5-6-16(8-12)20(17,18)14-11(4)19-10(3)13(14)7-15/h9,12H,5-8,15H2,1-4H3. The van der Waals surface area contributed by atoms with Gasteiger partial charge in [0, 0.05) is 25.2 Å². The minimum atomic E-state index is -3.50. The van der Waals surface area contributed by atoms with Crippen LogP contribution >= 0.6 is 0 Å². The summed E-state index contributed by atoms with van der Waals surface area (Å²) in [4.78, 5) is 0.280. The Bertz CT molecular complexity index is 590. The van der Waals surface area contributed by atoms with Gasteiger partial charge in [-0.05, 0) is 32.1 Å². The summed E-state index contributed by atoms with van der Waals surface area (Å²) in [6, 6.07) is 0. The normalized spacial score (nSPS) is 21.0. The van der Waals surface area contributed by atoms with Crippen molar-refractivity contribution >= 4 is 10.0 Å². The Morgan fingerprint density at radius 3 is 2.50 bits per heavy atom. The first-order valence-electron chi connectivity index (χ1n) is 7.08. The summed E-state index contributed by atoms with van der Waals surface area (Å²) < 4.78 is 32.7. The van der Waals surface area contributed by atoms with Crippen LogP contribution in [-0.4, -0.2) is 25.8 Å². The molecule has 0 amide bonds. The molecule has 2 heterocycles. The highest BCUT2D eigenvalue weighted by Crippen LogP contribution is 2.33. The van der Waals surface area contributed by atoms with Crippen LogP contribution in [0.1, 0.15) is 37.4 Å². The van der Waals surface area contributed by atoms with Gasteiger partial charge in [-0.3, -0.25) is 0 Å². The van der Waals surface area contributed by atoms with E-state index in [1.54, 1.807) is 18.2 Å². The molecule has 2 rings (SSSR count). The predicted octanol–water partition coefficient (Wildman–Crippen LogP) is 2.02. The fraction of sp³-hybridized carbons (Fsp3) is 0.714. The summed E-state index contributed by atoms with van der Waals surface area (Å²) in [5.41, 5.74) is 6.30. The number of aryl methyl sites for hydroxylation is 2. The Kier molecular flexibility index (Phi) is 4.27. The fourth-order valence-electron chi connectivity index (χ4n) is 2.93. The van der Waals surface area contributed by atoms with Crippen LogP contribution in [0.25, 0.3) is 0 Å². The Hall–Kier alpha value is -0.850. The van der Waals surface area contributed by atoms with Crippen LogP contribution < -0.4 is 5.73 Å². The van der Waals surface area contributed by atoms with E-state index in [0.717, 1.165) is 6.42 Å². The minimum absolute atomic E-state index is 0.180. The zero-order valence-corrected chi connectivity index (χ0v) is 13.5. The van der Waals surface area contributed by atoms with Gasteiger partial charge in [0.15, 0.2) is 0 Å². The molecule has 0 spiro atoms. The van der Waals surface area contributed by atoms with Crippen LogP contribution in [0.3, 0.4) is 0 Å². The fourth-order valence-corrected chi connectivity index (χ4v) is 4.86. The van der Waals surface area contributed by atoms with Gasteiger partial charge in [0.1, 0.15) is 16.4 Å². The number of hydrogen-bond donors (Lipinski definition) is 1. The Labute approximate surface area is 121 Å². The molecular weight excluding hydrogens is 276 g/mol. The molecule has 1 unspecified atom stereocenters. The highest BCUT2D eigenvalue weighted by atomic mass is 32.2. The molecule has 0 aliphatic carbocycles. The minimum Gasteiger partial charge on any atom is -0.465 e. The topological polar surface area (TPSA) is 76.5 Å². The van der Waals surface area contributed by atoms with E-state index in [0.29, 0.717) is 42.0 Å². The number of nitrogens with two attached hydrogens (primary N) is 1. The van der Waals surface area contributed by atoms with E-state index in [1.165, 1.54) is 0 Å². The van der Waals surface area contributed by atoms with Crippen LogP contribution in [0.4, 0.5) is 0 Å². The smallest absolute Gasteiger partial charge is 0.246 e. The van der Waals surface area contributed by atoms with Crippen molar-refractivity contribution in [3.8, 4) is 0 Å². The van der Waals surface area contributed by atoms with E-state index in [-0.39, 0.29) is 11.4 Å². The molecule has 6 heteroatoms. The SMILES string of the molecule is Cc1oc(C)c(S(=O)(=O)N2CCC(C(C)C)C2)c1CN. The van der Waals surface area contributed by atoms with E-state index in [9.17, 15) is 8.42 Å². The lowest BCUT2D eigenvalue weighted by molar-refractivity contribution is 0.388. The van der Waals surface area contributed by atoms with Crippen LogP contribution in [-0.2, 0) is 16.6 Å². The zero-order chi connectivity index (χ0) is 15.1. The van der Waals surface area contributed by atoms with Gasteiger partial charge in [-0.15, -0.1) is 0 Å². The first-order chi connectivity index (χ1) is 9.28. The summed E-state index contributed by atoms with van der Waals surface area (Å²) in [5, 5.41) is 0. The lowest BCUT2D eigenvalue weighted by atomic mass is 9.96. The van der Waals surface area contributed by atoms with Gasteiger partial charge < -0.3 is 10.2 Å². The average molecular weight is 300 g/mol. The molecule has 20 heavy (non-hydrogen) atoms. The quantitative estimate of drug-likeness (QED) is 0.923. The van der Waals surface area contributed by atoms with Crippen molar-refractivity contribution in [2.45, 2.75) is 45.6 Å². The van der Waals surface area contributed by atoms with Crippen molar-refractivity contribution in [1.82, 2.24) is 4.31 Å². The molecule has 1 aliphatic rings. The van der Waals surface area contributed by atoms with Crippen LogP contribution in [0.5, 0.6) is 0 Å². The molecule has 1 saturated heterocycles. The lowest BCUT2D eigenvalue weighted by Gasteiger charge is -2.18. The number of sulfonamides is 1. The summed E-state index contributed by atoms with van der Waals surface area (Å²) in [5.74, 6) is 1.97. The van der Waals surface area contributed by atoms with Gasteiger partial charge in [0.05, 0.1) is 0 Å². The van der Waals surface area contributed by atoms with E-state index >= 15 is 0 Å². The molecule has 0 bridgehead atoms. The maximum atomic E-state index is 12.8. The molecule has 1 aliphatic heterocycles. The van der Waals surface area contributed by atoms with E-state index < -0.39 is 10.0 Å². The molecule has 1 aromatic heterocycles. The molecular formula is C14H24N2O3S. The van der Waals surface area contributed by atoms with E-state index in [2.05, 4.69) is 13.8 Å². The van der Waals surface area contributed by atoms with Crippen molar-refractivity contribution in [2.75, 3.05) is 13.1 Å². The third-order valence-electron chi connectivity index (χ3n) is 4.26. The third kappa shape index (κ3) is 2.52. The van der Waals surface area contributed by atoms with Crippen LogP contribution in [0.15, 0.2) is 9.31 Å². The summed E-state index contributed by atoms with van der Waals surface area (Å²) in [6.45, 7) is 9.08. The largest absolute Gasteiger partial charge is 0.465 e. The Morgan fingerprint density at radius 2 is 2.00 bits per heavy atom. The van der Waals surface area contributed by atoms with Gasteiger partial charge in [-0.2, -0.15) is 4.31 Å². The van der Waals surface area contributed by atoms with Crippen LogP contribution in [0.2, 0.25) is 0 Å². The monoisotopic (exact) mass is 300 g/mol. The molecule has 1 fully saturated rings. The molecule has 0 aromatic carbocycles. The van der Waals surface area contributed by atoms with Gasteiger partial charge in [0.25, 0.3) is 0 Å². The van der Waals surface area contributed by atoms with Crippen molar-refractivity contribution in [2.24, 2.45) is 17.6 Å². The zero-order valence-electron chi connectivity index (χ0n) is 12.6. The maximum Gasteiger partial charge on any atom is 0.246 e. The van der Waals surface area contributed by atoms with Crippen LogP contribution in [0, 0.1) is 25.7 Å². The molecule has 0 radical (unpaired) electrons. The summed E-state index contributed by atoms with van der Waals surface area (Å²) in [6.07, 6.45) is 0.921. The Balaban J connectivity index is 2.37. The van der Waals surface area contributed by atoms with Gasteiger partial charge in [-0.1, -0.05) is 13.8 Å². The second-order valence-electron chi connectivity index (χ2n) is 5.88. The first kappa shape index (κ1) is 15.5. The van der Waals surface area contributed by atoms with Crippen molar-refractivity contribution in [3.05, 3.63) is 17.1 Å². The first-order valence-corrected chi connectivity index (χ1v) is 8.52. The molecule has 1 aromatic rings. The highest BCUT2D eigenvalue weighted by Gasteiger charge is 2.37. The van der Waals surface area contributed by atoms with Crippen molar-refractivity contribution in [3.63, 3.8) is 0 Å². The molecule has 0 saturated carbocycles. The van der Waals surface area contributed by atoms with E-state index in [1.807, 2.05) is 0 Å². The predicted molar refractivity (Wildman–Crippen MR) is 77.8 cm³/mol. The van der Waals surface area contributed by atoms with Gasteiger partial charge in [-0.25, -0.2) is 8.42 Å². The molecule has 2 N–H and O–H groups in total. The second-order valence-corrected chi connectivity index (χ2v) is 7.76. The summed E-state index contributed by atoms with van der Waals surface area (Å²) in [7, 11) is -3.50. The van der Waals surface area contributed by atoms with Crippen molar-refractivity contribution in [1.29, 1.82) is 0 Å². The van der Waals surface area contributed by atoms with Crippen molar-refractivity contribution < 1.29 is 12.8 Å². The molecule has 114 valence electrons. The average Bonchev–Trinajstić information content (AvgIpc) is 2.93.